The molecule has 3 heterocycles. The molecule has 2 aromatic rings. The number of ether oxygens (including phenoxy) is 1. The normalized spacial score (nSPS) is 20.2. The number of carbonyl (C=O) groups is 3. The van der Waals surface area contributed by atoms with Crippen molar-refractivity contribution in [2.45, 2.75) is 31.7 Å². The van der Waals surface area contributed by atoms with Crippen LogP contribution in [0.4, 0.5) is 17.3 Å². The summed E-state index contributed by atoms with van der Waals surface area (Å²) in [6, 6.07) is 8.92. The van der Waals surface area contributed by atoms with Crippen LogP contribution in [0.25, 0.3) is 0 Å². The number of rotatable bonds is 7. The van der Waals surface area contributed by atoms with E-state index in [-0.39, 0.29) is 29.4 Å². The molecule has 12 heteroatoms. The molecule has 1 atom stereocenters. The number of nitrogens with one attached hydrogen (secondary N) is 2. The van der Waals surface area contributed by atoms with Crippen LogP contribution in [0.15, 0.2) is 30.5 Å². The molecule has 1 aromatic carbocycles. The second-order valence-electron chi connectivity index (χ2n) is 9.85. The van der Waals surface area contributed by atoms with Crippen LogP contribution in [-0.4, -0.2) is 78.0 Å². The van der Waals surface area contributed by atoms with Gasteiger partial charge in [-0.25, -0.2) is 9.97 Å². The van der Waals surface area contributed by atoms with E-state index in [1.54, 1.807) is 29.2 Å². The summed E-state index contributed by atoms with van der Waals surface area (Å²) in [5.74, 6) is -0.249. The molecule has 5 rings (SSSR count). The molecule has 0 spiro atoms. The minimum atomic E-state index is -0.870. The lowest BCUT2D eigenvalue weighted by Crippen LogP contribution is -2.49. The Hall–Kier alpha value is -4.24. The lowest BCUT2D eigenvalue weighted by molar-refractivity contribution is -0.125. The van der Waals surface area contributed by atoms with Crippen molar-refractivity contribution < 1.29 is 19.1 Å². The first kappa shape index (κ1) is 25.4. The van der Waals surface area contributed by atoms with Crippen LogP contribution in [-0.2, 0) is 9.53 Å². The van der Waals surface area contributed by atoms with Gasteiger partial charge in [0.1, 0.15) is 11.2 Å². The number of benzene rings is 1. The van der Waals surface area contributed by atoms with Crippen LogP contribution in [0, 0.1) is 16.7 Å². The fraction of sp³-hybridized carbons (Fsp3) is 0.462. The Labute approximate surface area is 220 Å². The number of hydrogen-bond acceptors (Lipinski definition) is 9. The second-order valence-corrected chi connectivity index (χ2v) is 9.85. The van der Waals surface area contributed by atoms with Crippen molar-refractivity contribution >= 4 is 35.0 Å². The fourth-order valence-electron chi connectivity index (χ4n) is 4.72. The van der Waals surface area contributed by atoms with E-state index in [9.17, 15) is 19.6 Å². The second kappa shape index (κ2) is 10.6. The number of hydrogen-bond donors (Lipinski definition) is 3. The zero-order valence-corrected chi connectivity index (χ0v) is 21.0. The van der Waals surface area contributed by atoms with E-state index in [2.05, 4.69) is 26.7 Å². The van der Waals surface area contributed by atoms with Gasteiger partial charge in [-0.15, -0.1) is 0 Å². The predicted molar refractivity (Wildman–Crippen MR) is 138 cm³/mol. The van der Waals surface area contributed by atoms with Gasteiger partial charge in [0.05, 0.1) is 25.5 Å². The maximum absolute atomic E-state index is 12.7. The molecule has 1 aromatic heterocycles. The van der Waals surface area contributed by atoms with Crippen molar-refractivity contribution in [3.63, 3.8) is 0 Å². The summed E-state index contributed by atoms with van der Waals surface area (Å²) in [6.45, 7) is 3.39. The highest BCUT2D eigenvalue weighted by Crippen LogP contribution is 2.45. The van der Waals surface area contributed by atoms with Gasteiger partial charge in [0, 0.05) is 43.5 Å². The number of nitrogens with zero attached hydrogens (tertiary/aromatic N) is 5. The van der Waals surface area contributed by atoms with Crippen LogP contribution in [0.2, 0.25) is 0 Å². The largest absolute Gasteiger partial charge is 0.378 e. The highest BCUT2D eigenvalue weighted by atomic mass is 16.5. The maximum atomic E-state index is 12.7. The lowest BCUT2D eigenvalue weighted by Gasteiger charge is -2.34. The molecule has 0 bridgehead atoms. The number of carbonyl (C=O) groups excluding carboxylic acids is 3. The third kappa shape index (κ3) is 5.38. The van der Waals surface area contributed by atoms with Gasteiger partial charge in [0.15, 0.2) is 11.5 Å². The minimum Gasteiger partial charge on any atom is -0.378 e. The number of amides is 3. The number of primary amides is 1. The van der Waals surface area contributed by atoms with Gasteiger partial charge in [0.25, 0.3) is 11.8 Å². The number of morpholine rings is 1. The average molecular weight is 519 g/mol. The molecule has 4 N–H and O–H groups in total. The van der Waals surface area contributed by atoms with Crippen LogP contribution < -0.4 is 21.3 Å². The highest BCUT2D eigenvalue weighted by molar-refractivity contribution is 5.97. The van der Waals surface area contributed by atoms with Gasteiger partial charge in [-0.2, -0.15) is 5.26 Å². The smallest absolute Gasteiger partial charge is 0.271 e. The predicted octanol–water partition coefficient (Wildman–Crippen LogP) is 1.18. The zero-order chi connectivity index (χ0) is 26.7. The summed E-state index contributed by atoms with van der Waals surface area (Å²) < 4.78 is 5.31. The van der Waals surface area contributed by atoms with Crippen LogP contribution in [0.3, 0.4) is 0 Å². The molecular formula is C26H30N8O4. The summed E-state index contributed by atoms with van der Waals surface area (Å²) in [4.78, 5) is 49.9. The van der Waals surface area contributed by atoms with Gasteiger partial charge in [0.2, 0.25) is 5.91 Å². The monoisotopic (exact) mass is 518 g/mol. The summed E-state index contributed by atoms with van der Waals surface area (Å²) in [6.07, 6.45) is 4.33. The van der Waals surface area contributed by atoms with E-state index >= 15 is 0 Å². The van der Waals surface area contributed by atoms with Crippen molar-refractivity contribution in [3.8, 4) is 6.07 Å². The van der Waals surface area contributed by atoms with Crippen molar-refractivity contribution in [1.29, 1.82) is 5.26 Å². The van der Waals surface area contributed by atoms with Crippen molar-refractivity contribution in [2.75, 3.05) is 49.6 Å². The molecular weight excluding hydrogens is 488 g/mol. The number of nitriles is 1. The van der Waals surface area contributed by atoms with Gasteiger partial charge >= 0.3 is 0 Å². The number of anilines is 3. The minimum absolute atomic E-state index is 0.00576. The SMILES string of the molecule is N#CC1(C(=O)N[C@@H]2CCCN(c3cnc(C(N)=O)c(Nc4ccc(C(=O)N5CCOCC5)cc4)n3)C2)CC1. The molecule has 0 unspecified atom stereocenters. The molecule has 3 amide bonds. The van der Waals surface area contributed by atoms with Crippen molar-refractivity contribution in [2.24, 2.45) is 11.1 Å². The van der Waals surface area contributed by atoms with Gasteiger partial charge < -0.3 is 30.9 Å². The standard InChI is InChI=1S/C26H30N8O4/c27-16-26(7-8-26)25(37)31-19-2-1-9-34(15-19)20-14-29-21(22(28)35)23(32-20)30-18-5-3-17(4-6-18)24(36)33-10-12-38-13-11-33/h3-6,14,19H,1-2,7-13,15H2,(H2,28,35)(H,30,32)(H,31,37)/t19-/m1/s1. The molecule has 2 aliphatic heterocycles. The first-order valence-corrected chi connectivity index (χ1v) is 12.8. The maximum Gasteiger partial charge on any atom is 0.271 e. The van der Waals surface area contributed by atoms with E-state index in [1.165, 1.54) is 6.20 Å². The van der Waals surface area contributed by atoms with Gasteiger partial charge in [-0.3, -0.25) is 14.4 Å². The summed E-state index contributed by atoms with van der Waals surface area (Å²) in [5.41, 5.74) is 5.85. The number of nitrogens with two attached hydrogens (primary N) is 1. The van der Waals surface area contributed by atoms with Crippen molar-refractivity contribution in [1.82, 2.24) is 20.2 Å². The molecule has 12 nitrogen and oxygen atoms in total. The van der Waals surface area contributed by atoms with E-state index in [0.29, 0.717) is 69.3 Å². The fourth-order valence-corrected chi connectivity index (χ4v) is 4.72. The Bertz CT molecular complexity index is 1260. The third-order valence-electron chi connectivity index (χ3n) is 7.17. The van der Waals surface area contributed by atoms with E-state index in [1.807, 2.05) is 4.90 Å². The Morgan fingerprint density at radius 2 is 1.87 bits per heavy atom. The van der Waals surface area contributed by atoms with Gasteiger partial charge in [-0.05, 0) is 49.9 Å². The van der Waals surface area contributed by atoms with E-state index in [0.717, 1.165) is 12.8 Å². The molecule has 2 saturated heterocycles. The molecule has 198 valence electrons. The molecule has 1 saturated carbocycles. The van der Waals surface area contributed by atoms with E-state index in [4.69, 9.17) is 10.5 Å². The molecule has 3 fully saturated rings. The molecule has 38 heavy (non-hydrogen) atoms. The van der Waals surface area contributed by atoms with Gasteiger partial charge in [-0.1, -0.05) is 0 Å². The average Bonchev–Trinajstić information content (AvgIpc) is 3.75. The Morgan fingerprint density at radius 1 is 1.13 bits per heavy atom. The lowest BCUT2D eigenvalue weighted by atomic mass is 10.0. The number of piperidine rings is 1. The first-order chi connectivity index (χ1) is 18.4. The number of aromatic nitrogens is 2. The van der Waals surface area contributed by atoms with Crippen LogP contribution >= 0.6 is 0 Å². The molecule has 0 radical (unpaired) electrons. The highest BCUT2D eigenvalue weighted by Gasteiger charge is 2.51. The molecule has 3 aliphatic rings. The summed E-state index contributed by atoms with van der Waals surface area (Å²) in [7, 11) is 0. The quantitative estimate of drug-likeness (QED) is 0.488. The Balaban J connectivity index is 1.29. The first-order valence-electron chi connectivity index (χ1n) is 12.8. The van der Waals surface area contributed by atoms with Crippen LogP contribution in [0.5, 0.6) is 0 Å². The molecule has 1 aliphatic carbocycles. The zero-order valence-electron chi connectivity index (χ0n) is 21.0. The summed E-state index contributed by atoms with van der Waals surface area (Å²) in [5, 5.41) is 15.4. The Kier molecular flexibility index (Phi) is 7.11. The third-order valence-corrected chi connectivity index (χ3v) is 7.17. The Morgan fingerprint density at radius 3 is 2.53 bits per heavy atom. The van der Waals surface area contributed by atoms with Crippen LogP contribution in [0.1, 0.15) is 46.5 Å². The van der Waals surface area contributed by atoms with Crippen molar-refractivity contribution in [3.05, 3.63) is 41.7 Å². The van der Waals surface area contributed by atoms with E-state index < -0.39 is 11.3 Å². The summed E-state index contributed by atoms with van der Waals surface area (Å²) >= 11 is 0. The topological polar surface area (TPSA) is 167 Å².